The van der Waals surface area contributed by atoms with Crippen molar-refractivity contribution in [3.05, 3.63) is 52.8 Å². The first-order chi connectivity index (χ1) is 9.11. The molecule has 0 fully saturated rings. The molecule has 0 aliphatic rings. The summed E-state index contributed by atoms with van der Waals surface area (Å²) in [6, 6.07) is 9.51. The number of benzene rings is 2. The first kappa shape index (κ1) is 11.9. The van der Waals surface area contributed by atoms with E-state index in [0.717, 1.165) is 9.79 Å². The maximum atomic E-state index is 13.1. The summed E-state index contributed by atoms with van der Waals surface area (Å²) in [5.74, 6) is -0.830. The lowest BCUT2D eigenvalue weighted by atomic mass is 10.3. The van der Waals surface area contributed by atoms with Crippen LogP contribution in [0.5, 0.6) is 0 Å². The summed E-state index contributed by atoms with van der Waals surface area (Å²) < 4.78 is 18.0. The van der Waals surface area contributed by atoms with Crippen LogP contribution in [0.25, 0.3) is 11.1 Å². The molecule has 3 N–H and O–H groups in total. The summed E-state index contributed by atoms with van der Waals surface area (Å²) in [6.45, 7) is 0. The van der Waals surface area contributed by atoms with Crippen LogP contribution in [0.2, 0.25) is 0 Å². The number of nitrogen functional groups attached to an aromatic ring is 1. The highest BCUT2D eigenvalue weighted by Gasteiger charge is 2.08. The molecule has 0 amide bonds. The largest absolute Gasteiger partial charge is 0.417 e. The Bertz CT molecular complexity index is 810. The third kappa shape index (κ3) is 2.34. The first-order valence-corrected chi connectivity index (χ1v) is 6.29. The summed E-state index contributed by atoms with van der Waals surface area (Å²) in [5.41, 5.74) is 7.34. The number of fused-ring (bicyclic) bond motifs is 1. The van der Waals surface area contributed by atoms with Crippen LogP contribution >= 0.6 is 11.8 Å². The molecule has 0 aliphatic carbocycles. The van der Waals surface area contributed by atoms with Crippen LogP contribution in [-0.4, -0.2) is 4.98 Å². The lowest BCUT2D eigenvalue weighted by molar-refractivity contribution is 0.555. The Morgan fingerprint density at radius 3 is 2.89 bits per heavy atom. The van der Waals surface area contributed by atoms with Gasteiger partial charge in [0.2, 0.25) is 0 Å². The van der Waals surface area contributed by atoms with Gasteiger partial charge in [-0.25, -0.2) is 9.18 Å². The average molecular weight is 276 g/mol. The normalized spacial score (nSPS) is 11.0. The molecule has 1 aromatic heterocycles. The van der Waals surface area contributed by atoms with Gasteiger partial charge in [-0.2, -0.15) is 0 Å². The van der Waals surface area contributed by atoms with E-state index in [0.29, 0.717) is 16.8 Å². The van der Waals surface area contributed by atoms with E-state index in [1.165, 1.54) is 23.9 Å². The number of hydrogen-bond donors (Lipinski definition) is 2. The van der Waals surface area contributed by atoms with Gasteiger partial charge in [-0.1, -0.05) is 17.8 Å². The number of H-pyrrole nitrogens is 1. The number of rotatable bonds is 2. The van der Waals surface area contributed by atoms with E-state index in [1.54, 1.807) is 24.3 Å². The van der Waals surface area contributed by atoms with Crippen LogP contribution < -0.4 is 11.5 Å². The zero-order valence-electron chi connectivity index (χ0n) is 9.64. The Morgan fingerprint density at radius 1 is 1.26 bits per heavy atom. The van der Waals surface area contributed by atoms with Gasteiger partial charge in [-0.3, -0.25) is 4.98 Å². The molecule has 6 heteroatoms. The Morgan fingerprint density at radius 2 is 2.11 bits per heavy atom. The average Bonchev–Trinajstić information content (AvgIpc) is 2.69. The zero-order valence-corrected chi connectivity index (χ0v) is 10.5. The molecule has 96 valence electrons. The van der Waals surface area contributed by atoms with E-state index >= 15 is 0 Å². The molecule has 0 spiro atoms. The number of oxazole rings is 1. The Kier molecular flexibility index (Phi) is 2.79. The second-order valence-corrected chi connectivity index (χ2v) is 5.08. The quantitative estimate of drug-likeness (QED) is 0.706. The number of nitrogens with two attached hydrogens (primary N) is 1. The minimum Gasteiger partial charge on any atom is -0.408 e. The molecule has 0 atom stereocenters. The van der Waals surface area contributed by atoms with Crippen molar-refractivity contribution in [1.82, 2.24) is 4.98 Å². The molecule has 0 aliphatic heterocycles. The van der Waals surface area contributed by atoms with Crippen LogP contribution in [0.3, 0.4) is 0 Å². The summed E-state index contributed by atoms with van der Waals surface area (Å²) in [5, 5.41) is 0. The maximum Gasteiger partial charge on any atom is 0.417 e. The molecule has 0 unspecified atom stereocenters. The van der Waals surface area contributed by atoms with Crippen molar-refractivity contribution in [2.45, 2.75) is 9.79 Å². The lowest BCUT2D eigenvalue weighted by Gasteiger charge is -2.05. The molecule has 0 bridgehead atoms. The second kappa shape index (κ2) is 4.47. The van der Waals surface area contributed by atoms with E-state index in [1.807, 2.05) is 0 Å². The van der Waals surface area contributed by atoms with Crippen molar-refractivity contribution < 1.29 is 8.81 Å². The van der Waals surface area contributed by atoms with Crippen LogP contribution in [0.1, 0.15) is 0 Å². The van der Waals surface area contributed by atoms with Gasteiger partial charge in [0.15, 0.2) is 5.58 Å². The summed E-state index contributed by atoms with van der Waals surface area (Å²) in [6.07, 6.45) is 0. The first-order valence-electron chi connectivity index (χ1n) is 5.47. The Hall–Kier alpha value is -2.21. The summed E-state index contributed by atoms with van der Waals surface area (Å²) in [7, 11) is 0. The standard InChI is InChI=1S/C13H9FN2O2S/c14-7-2-1-3-8(4-7)19-12-6-10-11(5-9(12)15)18-13(17)16-10/h1-6H,15H2,(H,16,17). The minimum absolute atomic E-state index is 0.304. The highest BCUT2D eigenvalue weighted by molar-refractivity contribution is 7.99. The fraction of sp³-hybridized carbons (Fsp3) is 0. The van der Waals surface area contributed by atoms with Gasteiger partial charge in [0.25, 0.3) is 0 Å². The highest BCUT2D eigenvalue weighted by Crippen LogP contribution is 2.34. The number of nitrogens with one attached hydrogen (secondary N) is 1. The number of anilines is 1. The van der Waals surface area contributed by atoms with Gasteiger partial charge < -0.3 is 10.2 Å². The molecular weight excluding hydrogens is 267 g/mol. The van der Waals surface area contributed by atoms with Crippen molar-refractivity contribution in [1.29, 1.82) is 0 Å². The molecular formula is C13H9FN2O2S. The molecule has 4 nitrogen and oxygen atoms in total. The van der Waals surface area contributed by atoms with Gasteiger partial charge in [0.05, 0.1) is 5.52 Å². The molecule has 0 saturated carbocycles. The van der Waals surface area contributed by atoms with E-state index < -0.39 is 5.76 Å². The maximum absolute atomic E-state index is 13.1. The number of aromatic amines is 1. The molecule has 1 heterocycles. The van der Waals surface area contributed by atoms with Crippen molar-refractivity contribution in [2.75, 3.05) is 5.73 Å². The SMILES string of the molecule is Nc1cc2oc(=O)[nH]c2cc1Sc1cccc(F)c1. The zero-order chi connectivity index (χ0) is 13.4. The van der Waals surface area contributed by atoms with Gasteiger partial charge in [0, 0.05) is 21.5 Å². The minimum atomic E-state index is -0.526. The van der Waals surface area contributed by atoms with Crippen LogP contribution in [0.15, 0.2) is 55.4 Å². The molecule has 0 saturated heterocycles. The topological polar surface area (TPSA) is 72.0 Å². The predicted molar refractivity (Wildman–Crippen MR) is 71.8 cm³/mol. The third-order valence-electron chi connectivity index (χ3n) is 2.58. The van der Waals surface area contributed by atoms with Crippen LogP contribution in [-0.2, 0) is 0 Å². The predicted octanol–water partition coefficient (Wildman–Crippen LogP) is 2.99. The second-order valence-electron chi connectivity index (χ2n) is 3.96. The Labute approximate surface area is 111 Å². The molecule has 3 rings (SSSR count). The highest BCUT2D eigenvalue weighted by atomic mass is 32.2. The lowest BCUT2D eigenvalue weighted by Crippen LogP contribution is -1.93. The number of hydrogen-bond acceptors (Lipinski definition) is 4. The van der Waals surface area contributed by atoms with E-state index in [-0.39, 0.29) is 5.82 Å². The third-order valence-corrected chi connectivity index (χ3v) is 3.64. The van der Waals surface area contributed by atoms with E-state index in [2.05, 4.69) is 4.98 Å². The Balaban J connectivity index is 2.04. The van der Waals surface area contributed by atoms with Crippen molar-refractivity contribution in [2.24, 2.45) is 0 Å². The smallest absolute Gasteiger partial charge is 0.408 e. The van der Waals surface area contributed by atoms with Crippen LogP contribution in [0.4, 0.5) is 10.1 Å². The molecule has 19 heavy (non-hydrogen) atoms. The van der Waals surface area contributed by atoms with Gasteiger partial charge >= 0.3 is 5.76 Å². The molecule has 2 aromatic carbocycles. The molecule has 0 radical (unpaired) electrons. The summed E-state index contributed by atoms with van der Waals surface area (Å²) in [4.78, 5) is 15.1. The van der Waals surface area contributed by atoms with Crippen molar-refractivity contribution in [3.8, 4) is 0 Å². The van der Waals surface area contributed by atoms with Crippen molar-refractivity contribution in [3.63, 3.8) is 0 Å². The monoisotopic (exact) mass is 276 g/mol. The number of aromatic nitrogens is 1. The number of halogens is 1. The van der Waals surface area contributed by atoms with Gasteiger partial charge in [0.1, 0.15) is 5.82 Å². The fourth-order valence-electron chi connectivity index (χ4n) is 1.74. The van der Waals surface area contributed by atoms with Gasteiger partial charge in [-0.05, 0) is 24.3 Å². The van der Waals surface area contributed by atoms with Crippen molar-refractivity contribution >= 4 is 28.5 Å². The van der Waals surface area contributed by atoms with E-state index in [9.17, 15) is 9.18 Å². The summed E-state index contributed by atoms with van der Waals surface area (Å²) >= 11 is 1.32. The fourth-order valence-corrected chi connectivity index (χ4v) is 2.66. The molecule has 3 aromatic rings. The van der Waals surface area contributed by atoms with E-state index in [4.69, 9.17) is 10.2 Å². The van der Waals surface area contributed by atoms with Gasteiger partial charge in [-0.15, -0.1) is 0 Å². The van der Waals surface area contributed by atoms with Crippen LogP contribution in [0, 0.1) is 5.82 Å².